The van der Waals surface area contributed by atoms with Crippen molar-refractivity contribution in [3.05, 3.63) is 78.4 Å². The molecule has 0 saturated heterocycles. The Hall–Kier alpha value is -4.21. The molecule has 0 aliphatic heterocycles. The number of pyridine rings is 1. The van der Waals surface area contributed by atoms with Gasteiger partial charge < -0.3 is 4.74 Å². The number of hydrogen-bond donors (Lipinski definition) is 0. The smallest absolute Gasteiger partial charge is 0.433 e. The number of imidazole rings is 1. The first kappa shape index (κ1) is 23.5. The molecular weight excluding hydrogens is 476 g/mol. The molecule has 5 aromatic rings. The fourth-order valence-electron chi connectivity index (χ4n) is 3.89. The second-order valence-corrected chi connectivity index (χ2v) is 9.22. The van der Waals surface area contributed by atoms with Gasteiger partial charge in [0.05, 0.1) is 5.52 Å². The number of halogens is 4. The van der Waals surface area contributed by atoms with E-state index in [1.807, 2.05) is 0 Å². The molecule has 0 unspecified atom stereocenters. The van der Waals surface area contributed by atoms with Crippen LogP contribution in [0.2, 0.25) is 0 Å². The summed E-state index contributed by atoms with van der Waals surface area (Å²) in [6.45, 7) is 5.29. The third-order valence-corrected chi connectivity index (χ3v) is 5.42. The Morgan fingerprint density at radius 3 is 2.31 bits per heavy atom. The average Bonchev–Trinajstić information content (AvgIpc) is 3.38. The molecule has 0 aliphatic rings. The number of rotatable bonds is 2. The van der Waals surface area contributed by atoms with Gasteiger partial charge in [-0.05, 0) is 81.4 Å². The maximum atomic E-state index is 13.6. The van der Waals surface area contributed by atoms with E-state index in [1.165, 1.54) is 39.5 Å². The van der Waals surface area contributed by atoms with E-state index in [0.29, 0.717) is 28.0 Å². The lowest BCUT2D eigenvalue weighted by molar-refractivity contribution is -0.141. The van der Waals surface area contributed by atoms with Crippen molar-refractivity contribution in [1.29, 1.82) is 0 Å². The Morgan fingerprint density at radius 1 is 0.917 bits per heavy atom. The van der Waals surface area contributed by atoms with Crippen LogP contribution in [0, 0.1) is 5.82 Å². The zero-order valence-corrected chi connectivity index (χ0v) is 19.5. The average molecular weight is 496 g/mol. The summed E-state index contributed by atoms with van der Waals surface area (Å²) >= 11 is 0. The van der Waals surface area contributed by atoms with Crippen LogP contribution in [0.5, 0.6) is 0 Å². The van der Waals surface area contributed by atoms with Gasteiger partial charge in [0.1, 0.15) is 28.5 Å². The van der Waals surface area contributed by atoms with Crippen molar-refractivity contribution >= 4 is 28.2 Å². The number of aromatic nitrogens is 4. The van der Waals surface area contributed by atoms with Gasteiger partial charge in [0.2, 0.25) is 0 Å². The van der Waals surface area contributed by atoms with E-state index in [1.54, 1.807) is 51.2 Å². The van der Waals surface area contributed by atoms with Gasteiger partial charge in [0.25, 0.3) is 0 Å². The molecular formula is C26H20F4N4O2. The van der Waals surface area contributed by atoms with Crippen LogP contribution in [0.4, 0.5) is 22.4 Å². The highest BCUT2D eigenvalue weighted by atomic mass is 19.4. The predicted molar refractivity (Wildman–Crippen MR) is 126 cm³/mol. The van der Waals surface area contributed by atoms with Crippen molar-refractivity contribution in [2.45, 2.75) is 32.5 Å². The molecule has 184 valence electrons. The van der Waals surface area contributed by atoms with E-state index in [4.69, 9.17) is 4.74 Å². The van der Waals surface area contributed by atoms with Gasteiger partial charge in [0.15, 0.2) is 5.65 Å². The molecule has 0 spiro atoms. The minimum Gasteiger partial charge on any atom is -0.443 e. The number of carbonyl (C=O) groups excluding carboxylic acids is 1. The van der Waals surface area contributed by atoms with Gasteiger partial charge in [-0.25, -0.2) is 19.2 Å². The molecule has 2 aromatic carbocycles. The zero-order valence-electron chi connectivity index (χ0n) is 19.5. The Kier molecular flexibility index (Phi) is 5.35. The van der Waals surface area contributed by atoms with Gasteiger partial charge in [-0.1, -0.05) is 0 Å². The fraction of sp³-hybridized carbons (Fsp3) is 0.192. The van der Waals surface area contributed by atoms with Crippen LogP contribution >= 0.6 is 0 Å². The number of carbonyl (C=O) groups is 1. The minimum absolute atomic E-state index is 0.00456. The highest BCUT2D eigenvalue weighted by Crippen LogP contribution is 2.33. The summed E-state index contributed by atoms with van der Waals surface area (Å²) in [5, 5.41) is 0.650. The van der Waals surface area contributed by atoms with Gasteiger partial charge in [0, 0.05) is 22.8 Å². The molecule has 0 aliphatic carbocycles. The Bertz CT molecular complexity index is 1610. The predicted octanol–water partition coefficient (Wildman–Crippen LogP) is 6.98. The normalized spacial score (nSPS) is 12.4. The summed E-state index contributed by atoms with van der Waals surface area (Å²) < 4.78 is 62.2. The summed E-state index contributed by atoms with van der Waals surface area (Å²) in [6.07, 6.45) is -3.63. The first-order chi connectivity index (χ1) is 16.9. The number of ether oxygens (including phenoxy) is 1. The summed E-state index contributed by atoms with van der Waals surface area (Å²) in [7, 11) is 0. The highest BCUT2D eigenvalue weighted by Gasteiger charge is 2.33. The highest BCUT2D eigenvalue weighted by molar-refractivity contribution is 5.91. The molecule has 6 nitrogen and oxygen atoms in total. The van der Waals surface area contributed by atoms with Crippen molar-refractivity contribution in [2.75, 3.05) is 0 Å². The number of nitrogens with zero attached hydrogens (tertiary/aromatic N) is 4. The van der Waals surface area contributed by atoms with E-state index in [-0.39, 0.29) is 11.2 Å². The van der Waals surface area contributed by atoms with E-state index in [9.17, 15) is 22.4 Å². The van der Waals surface area contributed by atoms with E-state index >= 15 is 0 Å². The second-order valence-electron chi connectivity index (χ2n) is 9.22. The van der Waals surface area contributed by atoms with Crippen LogP contribution in [0.25, 0.3) is 39.1 Å². The van der Waals surface area contributed by atoms with Crippen LogP contribution in [0.3, 0.4) is 0 Å². The molecule has 0 amide bonds. The summed E-state index contributed by atoms with van der Waals surface area (Å²) in [6, 6.07) is 14.4. The molecule has 36 heavy (non-hydrogen) atoms. The van der Waals surface area contributed by atoms with Crippen LogP contribution in [-0.4, -0.2) is 30.8 Å². The summed E-state index contributed by atoms with van der Waals surface area (Å²) in [5.41, 5.74) is 0.0230. The Labute approximate surface area is 202 Å². The largest absolute Gasteiger partial charge is 0.443 e. The van der Waals surface area contributed by atoms with Gasteiger partial charge in [-0.15, -0.1) is 0 Å². The van der Waals surface area contributed by atoms with Crippen LogP contribution in [0.1, 0.15) is 26.5 Å². The first-order valence-electron chi connectivity index (χ1n) is 11.0. The van der Waals surface area contributed by atoms with Crippen molar-refractivity contribution in [3.8, 4) is 17.1 Å². The first-order valence-corrected chi connectivity index (χ1v) is 11.0. The Morgan fingerprint density at radius 2 is 1.64 bits per heavy atom. The van der Waals surface area contributed by atoms with Crippen molar-refractivity contribution in [3.63, 3.8) is 0 Å². The lowest BCUT2D eigenvalue weighted by Gasteiger charge is -2.19. The lowest BCUT2D eigenvalue weighted by atomic mass is 10.2. The SMILES string of the molecule is CC(C)(C)OC(=O)n1ccc2cc(-n3c(-c4ccc(F)cc4)nc4ccc(C(F)(F)F)nc43)ccc21. The summed E-state index contributed by atoms with van der Waals surface area (Å²) in [4.78, 5) is 21.0. The number of fused-ring (bicyclic) bond motifs is 2. The van der Waals surface area contributed by atoms with Crippen LogP contribution in [-0.2, 0) is 10.9 Å². The van der Waals surface area contributed by atoms with Crippen molar-refractivity contribution in [2.24, 2.45) is 0 Å². The number of alkyl halides is 3. The molecule has 0 N–H and O–H groups in total. The van der Waals surface area contributed by atoms with E-state index in [0.717, 1.165) is 6.07 Å². The molecule has 0 fully saturated rings. The van der Waals surface area contributed by atoms with Crippen LogP contribution < -0.4 is 0 Å². The monoisotopic (exact) mass is 496 g/mol. The number of benzene rings is 2. The van der Waals surface area contributed by atoms with Gasteiger partial charge in [-0.3, -0.25) is 9.13 Å². The molecule has 10 heteroatoms. The third kappa shape index (κ3) is 4.30. The molecule has 0 bridgehead atoms. The number of hydrogen-bond acceptors (Lipinski definition) is 4. The van der Waals surface area contributed by atoms with Crippen molar-refractivity contribution < 1.29 is 27.1 Å². The fourth-order valence-corrected chi connectivity index (χ4v) is 3.89. The van der Waals surface area contributed by atoms with Crippen molar-refractivity contribution in [1.82, 2.24) is 19.1 Å². The van der Waals surface area contributed by atoms with Crippen LogP contribution in [0.15, 0.2) is 66.9 Å². The minimum atomic E-state index is -4.64. The molecule has 0 atom stereocenters. The van der Waals surface area contributed by atoms with Gasteiger partial charge in [-0.2, -0.15) is 13.2 Å². The Balaban J connectivity index is 1.71. The van der Waals surface area contributed by atoms with E-state index in [2.05, 4.69) is 9.97 Å². The molecule has 3 heterocycles. The summed E-state index contributed by atoms with van der Waals surface area (Å²) in [5.74, 6) is -0.161. The third-order valence-electron chi connectivity index (χ3n) is 5.42. The molecule has 0 saturated carbocycles. The maximum absolute atomic E-state index is 13.6. The lowest BCUT2D eigenvalue weighted by Crippen LogP contribution is -2.26. The van der Waals surface area contributed by atoms with E-state index < -0.39 is 29.4 Å². The molecule has 0 radical (unpaired) electrons. The van der Waals surface area contributed by atoms with Gasteiger partial charge >= 0.3 is 12.3 Å². The quantitative estimate of drug-likeness (QED) is 0.247. The maximum Gasteiger partial charge on any atom is 0.433 e. The molecule has 3 aromatic heterocycles. The molecule has 5 rings (SSSR count). The second kappa shape index (κ2) is 8.18. The topological polar surface area (TPSA) is 61.9 Å². The standard InChI is InChI=1S/C26H20F4N4O2/c1-25(2,3)36-24(35)33-13-12-16-14-18(8-10-20(16)33)34-22(15-4-6-17(27)7-5-15)31-19-9-11-21(26(28,29)30)32-23(19)34/h4-14H,1-3H3. The zero-order chi connectivity index (χ0) is 25.8.